The lowest BCUT2D eigenvalue weighted by Gasteiger charge is -2.55. The van der Waals surface area contributed by atoms with Crippen LogP contribution in [0.4, 0.5) is 0 Å². The molecule has 0 fully saturated rings. The first-order chi connectivity index (χ1) is 9.58. The van der Waals surface area contributed by atoms with Crippen LogP contribution in [-0.2, 0) is 11.3 Å². The van der Waals surface area contributed by atoms with E-state index in [1.807, 2.05) is 46.3 Å². The molecule has 2 rings (SSSR count). The van der Waals surface area contributed by atoms with E-state index in [1.165, 1.54) is 0 Å². The van der Waals surface area contributed by atoms with Crippen molar-refractivity contribution >= 4 is 0 Å². The summed E-state index contributed by atoms with van der Waals surface area (Å²) >= 11 is 0. The predicted octanol–water partition coefficient (Wildman–Crippen LogP) is 3.27. The van der Waals surface area contributed by atoms with E-state index in [9.17, 15) is 0 Å². The van der Waals surface area contributed by atoms with E-state index in [2.05, 4.69) is 63.6 Å². The number of rotatable bonds is 4. The van der Waals surface area contributed by atoms with Crippen molar-refractivity contribution in [3.05, 3.63) is 36.9 Å². The Balaban J connectivity index is 2.55. The molecule has 0 radical (unpaired) electrons. The minimum atomic E-state index is -0.294. The van der Waals surface area contributed by atoms with Gasteiger partial charge in [-0.25, -0.2) is 0 Å². The van der Waals surface area contributed by atoms with Crippen LogP contribution in [0.3, 0.4) is 0 Å². The highest BCUT2D eigenvalue weighted by Gasteiger charge is 2.46. The van der Waals surface area contributed by atoms with Crippen LogP contribution in [-0.4, -0.2) is 30.0 Å². The summed E-state index contributed by atoms with van der Waals surface area (Å²) in [4.78, 5) is 2.44. The van der Waals surface area contributed by atoms with E-state index in [4.69, 9.17) is 0 Å². The minimum absolute atomic E-state index is 0.0646. The molecule has 0 amide bonds. The molecule has 116 valence electrons. The van der Waals surface area contributed by atoms with Gasteiger partial charge in [0.2, 0.25) is 0 Å². The minimum Gasteiger partial charge on any atom is -0.253 e. The second kappa shape index (κ2) is 4.98. The molecular weight excluding hydrogens is 262 g/mol. The van der Waals surface area contributed by atoms with Gasteiger partial charge in [-0.05, 0) is 60.6 Å². The van der Waals surface area contributed by atoms with Gasteiger partial charge in [-0.1, -0.05) is 0 Å². The van der Waals surface area contributed by atoms with Crippen LogP contribution in [0.25, 0.3) is 0 Å². The molecule has 0 N–H and O–H groups in total. The Morgan fingerprint density at radius 1 is 0.714 bits per heavy atom. The average Bonchev–Trinajstić information content (AvgIpc) is 3.01. The van der Waals surface area contributed by atoms with Crippen molar-refractivity contribution in [3.8, 4) is 0 Å². The molecule has 0 aliphatic rings. The molecule has 2 aromatic heterocycles. The number of hydrogen-bond donors (Lipinski definition) is 0. The summed E-state index contributed by atoms with van der Waals surface area (Å²) in [6, 6.07) is 3.92. The largest absolute Gasteiger partial charge is 0.253 e. The molecule has 0 saturated heterocycles. The monoisotopic (exact) mass is 289 g/mol. The smallest absolute Gasteiger partial charge is 0.111 e. The van der Waals surface area contributed by atoms with Gasteiger partial charge in [-0.3, -0.25) is 14.3 Å². The molecule has 0 saturated carbocycles. The van der Waals surface area contributed by atoms with Crippen molar-refractivity contribution < 1.29 is 0 Å². The first-order valence-electron chi connectivity index (χ1n) is 7.38. The first kappa shape index (κ1) is 15.8. The standard InChI is InChI=1S/C16H27N5/c1-14(2,3)21(15(4,5)19-12-8-10-17-19)16(6,7)20-13-9-11-18-20/h8-13H,1-7H3. The molecule has 0 atom stereocenters. The van der Waals surface area contributed by atoms with E-state index in [0.29, 0.717) is 0 Å². The molecule has 0 aliphatic heterocycles. The maximum absolute atomic E-state index is 4.46. The van der Waals surface area contributed by atoms with Crippen molar-refractivity contribution in [1.82, 2.24) is 24.5 Å². The van der Waals surface area contributed by atoms with Gasteiger partial charge < -0.3 is 0 Å². The Bertz CT molecular complexity index is 512. The summed E-state index contributed by atoms with van der Waals surface area (Å²) in [5.41, 5.74) is -0.653. The summed E-state index contributed by atoms with van der Waals surface area (Å²) in [7, 11) is 0. The van der Waals surface area contributed by atoms with Gasteiger partial charge >= 0.3 is 0 Å². The van der Waals surface area contributed by atoms with Crippen LogP contribution in [0.5, 0.6) is 0 Å². The second-order valence-corrected chi connectivity index (χ2v) is 7.40. The van der Waals surface area contributed by atoms with E-state index in [0.717, 1.165) is 0 Å². The van der Waals surface area contributed by atoms with Crippen molar-refractivity contribution in [2.75, 3.05) is 0 Å². The third kappa shape index (κ3) is 2.75. The quantitative estimate of drug-likeness (QED) is 0.867. The molecule has 0 aliphatic carbocycles. The number of hydrogen-bond acceptors (Lipinski definition) is 3. The van der Waals surface area contributed by atoms with Gasteiger partial charge in [0.1, 0.15) is 11.3 Å². The summed E-state index contributed by atoms with van der Waals surface area (Å²) in [6.45, 7) is 15.4. The molecule has 0 aromatic carbocycles. The summed E-state index contributed by atoms with van der Waals surface area (Å²) < 4.78 is 4.01. The van der Waals surface area contributed by atoms with Crippen LogP contribution in [0, 0.1) is 0 Å². The summed E-state index contributed by atoms with van der Waals surface area (Å²) in [6.07, 6.45) is 7.67. The Hall–Kier alpha value is -1.62. The third-order valence-corrected chi connectivity index (χ3v) is 3.90. The molecule has 0 unspecified atom stereocenters. The van der Waals surface area contributed by atoms with Gasteiger partial charge in [0.15, 0.2) is 0 Å². The van der Waals surface area contributed by atoms with Gasteiger partial charge in [0.05, 0.1) is 0 Å². The second-order valence-electron chi connectivity index (χ2n) is 7.40. The Labute approximate surface area is 127 Å². The highest BCUT2D eigenvalue weighted by atomic mass is 15.5. The van der Waals surface area contributed by atoms with Gasteiger partial charge in [-0.15, -0.1) is 0 Å². The van der Waals surface area contributed by atoms with E-state index in [1.54, 1.807) is 0 Å². The third-order valence-electron chi connectivity index (χ3n) is 3.90. The molecule has 2 aromatic rings. The Morgan fingerprint density at radius 2 is 1.10 bits per heavy atom. The lowest BCUT2D eigenvalue weighted by Crippen LogP contribution is -2.64. The van der Waals surface area contributed by atoms with Gasteiger partial charge in [-0.2, -0.15) is 10.2 Å². The Morgan fingerprint density at radius 3 is 1.33 bits per heavy atom. The zero-order valence-electron chi connectivity index (χ0n) is 14.2. The first-order valence-corrected chi connectivity index (χ1v) is 7.38. The van der Waals surface area contributed by atoms with Gasteiger partial charge in [0.25, 0.3) is 0 Å². The average molecular weight is 289 g/mol. The number of nitrogens with zero attached hydrogens (tertiary/aromatic N) is 5. The maximum atomic E-state index is 4.46. The van der Waals surface area contributed by atoms with Crippen LogP contribution >= 0.6 is 0 Å². The zero-order chi connectivity index (χ0) is 15.9. The van der Waals surface area contributed by atoms with Crippen LogP contribution < -0.4 is 0 Å². The zero-order valence-corrected chi connectivity index (χ0v) is 14.2. The van der Waals surface area contributed by atoms with Gasteiger partial charge in [0, 0.05) is 30.3 Å². The maximum Gasteiger partial charge on any atom is 0.111 e. The Kier molecular flexibility index (Phi) is 3.74. The lowest BCUT2D eigenvalue weighted by atomic mass is 9.94. The van der Waals surface area contributed by atoms with E-state index >= 15 is 0 Å². The summed E-state index contributed by atoms with van der Waals surface area (Å²) in [5, 5.41) is 8.92. The normalized spacial score (nSPS) is 13.9. The molecule has 0 bridgehead atoms. The molecule has 21 heavy (non-hydrogen) atoms. The fourth-order valence-electron chi connectivity index (χ4n) is 3.70. The topological polar surface area (TPSA) is 38.9 Å². The molecule has 2 heterocycles. The number of aromatic nitrogens is 4. The van der Waals surface area contributed by atoms with Crippen molar-refractivity contribution in [2.24, 2.45) is 0 Å². The molecule has 0 spiro atoms. The predicted molar refractivity (Wildman–Crippen MR) is 84.7 cm³/mol. The highest BCUT2D eigenvalue weighted by molar-refractivity contribution is 4.97. The van der Waals surface area contributed by atoms with Crippen molar-refractivity contribution in [3.63, 3.8) is 0 Å². The van der Waals surface area contributed by atoms with Crippen molar-refractivity contribution in [1.29, 1.82) is 0 Å². The van der Waals surface area contributed by atoms with Crippen LogP contribution in [0.15, 0.2) is 36.9 Å². The molecular formula is C16H27N5. The van der Waals surface area contributed by atoms with E-state index in [-0.39, 0.29) is 16.9 Å². The fraction of sp³-hybridized carbons (Fsp3) is 0.625. The van der Waals surface area contributed by atoms with Crippen LogP contribution in [0.2, 0.25) is 0 Å². The fourth-order valence-corrected chi connectivity index (χ4v) is 3.70. The lowest BCUT2D eigenvalue weighted by molar-refractivity contribution is -0.142. The SMILES string of the molecule is CC(C)(C)N(C(C)(C)n1cccn1)C(C)(C)n1cccn1. The van der Waals surface area contributed by atoms with Crippen LogP contribution in [0.1, 0.15) is 48.5 Å². The summed E-state index contributed by atoms with van der Waals surface area (Å²) in [5.74, 6) is 0. The highest BCUT2D eigenvalue weighted by Crippen LogP contribution is 2.38. The van der Waals surface area contributed by atoms with E-state index < -0.39 is 0 Å². The van der Waals surface area contributed by atoms with Crippen molar-refractivity contribution in [2.45, 2.75) is 65.3 Å². The molecule has 5 nitrogen and oxygen atoms in total. The molecule has 5 heteroatoms.